The second-order valence-electron chi connectivity index (χ2n) is 5.25. The van der Waals surface area contributed by atoms with E-state index in [-0.39, 0.29) is 6.54 Å². The number of aromatic nitrogens is 2. The SMILES string of the molecule is Fc1cc(F)cc(CN=Nc2cc(C3CCC3)c(Cl)nn2)c1. The van der Waals surface area contributed by atoms with Gasteiger partial charge < -0.3 is 0 Å². The van der Waals surface area contributed by atoms with E-state index in [1.165, 1.54) is 18.6 Å². The lowest BCUT2D eigenvalue weighted by Gasteiger charge is -2.25. The number of nitrogens with zero attached hydrogens (tertiary/aromatic N) is 4. The van der Waals surface area contributed by atoms with E-state index >= 15 is 0 Å². The summed E-state index contributed by atoms with van der Waals surface area (Å²) in [6, 6.07) is 5.02. The molecule has 0 aliphatic heterocycles. The zero-order valence-electron chi connectivity index (χ0n) is 11.6. The average Bonchev–Trinajstić information content (AvgIpc) is 2.39. The standard InChI is InChI=1S/C15H13ClF2N4/c16-15-13(10-2-1-3-10)7-14(21-22-15)20-19-8-9-4-11(17)6-12(18)5-9/h4-7,10H,1-3,8H2. The van der Waals surface area contributed by atoms with Crippen LogP contribution in [0.25, 0.3) is 0 Å². The molecule has 0 amide bonds. The summed E-state index contributed by atoms with van der Waals surface area (Å²) in [5.74, 6) is -0.509. The fourth-order valence-corrected chi connectivity index (χ4v) is 2.57. The quantitative estimate of drug-likeness (QED) is 0.747. The van der Waals surface area contributed by atoms with Crippen LogP contribution >= 0.6 is 11.6 Å². The first-order chi connectivity index (χ1) is 10.6. The summed E-state index contributed by atoms with van der Waals surface area (Å²) in [6.45, 7) is 0.0672. The van der Waals surface area contributed by atoms with Crippen LogP contribution in [0.5, 0.6) is 0 Å². The van der Waals surface area contributed by atoms with Crippen LogP contribution in [0.1, 0.15) is 36.3 Å². The smallest absolute Gasteiger partial charge is 0.196 e. The van der Waals surface area contributed by atoms with E-state index in [1.54, 1.807) is 6.07 Å². The first-order valence-electron chi connectivity index (χ1n) is 6.97. The molecule has 1 aromatic carbocycles. The molecule has 0 radical (unpaired) electrons. The van der Waals surface area contributed by atoms with Gasteiger partial charge >= 0.3 is 0 Å². The van der Waals surface area contributed by atoms with Gasteiger partial charge in [-0.2, -0.15) is 5.11 Å². The highest BCUT2D eigenvalue weighted by Gasteiger charge is 2.23. The average molecular weight is 323 g/mol. The van der Waals surface area contributed by atoms with E-state index in [0.717, 1.165) is 24.5 Å². The van der Waals surface area contributed by atoms with Crippen LogP contribution in [-0.2, 0) is 6.54 Å². The molecule has 1 saturated carbocycles. The summed E-state index contributed by atoms with van der Waals surface area (Å²) in [4.78, 5) is 0. The van der Waals surface area contributed by atoms with Crippen LogP contribution in [0.3, 0.4) is 0 Å². The first-order valence-corrected chi connectivity index (χ1v) is 7.35. The van der Waals surface area contributed by atoms with Crippen LogP contribution in [-0.4, -0.2) is 10.2 Å². The minimum Gasteiger partial charge on any atom is -0.207 e. The molecular weight excluding hydrogens is 310 g/mol. The Kier molecular flexibility index (Phi) is 4.38. The zero-order valence-corrected chi connectivity index (χ0v) is 12.4. The summed E-state index contributed by atoms with van der Waals surface area (Å²) in [7, 11) is 0. The van der Waals surface area contributed by atoms with Crippen molar-refractivity contribution in [3.8, 4) is 0 Å². The Morgan fingerprint density at radius 3 is 2.45 bits per heavy atom. The van der Waals surface area contributed by atoms with Crippen LogP contribution in [0.2, 0.25) is 5.15 Å². The largest absolute Gasteiger partial charge is 0.207 e. The Morgan fingerprint density at radius 1 is 1.09 bits per heavy atom. The number of rotatable bonds is 4. The lowest BCUT2D eigenvalue weighted by molar-refractivity contribution is 0.418. The van der Waals surface area contributed by atoms with Gasteiger partial charge in [0.05, 0.1) is 6.54 Å². The molecule has 2 aromatic rings. The number of halogens is 3. The molecule has 7 heteroatoms. The van der Waals surface area contributed by atoms with E-state index in [4.69, 9.17) is 11.6 Å². The second-order valence-corrected chi connectivity index (χ2v) is 5.61. The minimum absolute atomic E-state index is 0.0672. The minimum atomic E-state index is -0.635. The maximum atomic E-state index is 13.1. The van der Waals surface area contributed by atoms with E-state index in [2.05, 4.69) is 20.4 Å². The highest BCUT2D eigenvalue weighted by Crippen LogP contribution is 2.39. The monoisotopic (exact) mass is 322 g/mol. The van der Waals surface area contributed by atoms with Crippen LogP contribution < -0.4 is 0 Å². The lowest BCUT2D eigenvalue weighted by atomic mass is 9.81. The zero-order chi connectivity index (χ0) is 15.5. The van der Waals surface area contributed by atoms with Crippen molar-refractivity contribution < 1.29 is 8.78 Å². The van der Waals surface area contributed by atoms with Gasteiger partial charge in [0, 0.05) is 6.07 Å². The van der Waals surface area contributed by atoms with Crippen LogP contribution in [0, 0.1) is 11.6 Å². The van der Waals surface area contributed by atoms with Crippen molar-refractivity contribution in [3.05, 3.63) is 52.2 Å². The molecular formula is C15H13ClF2N4. The lowest BCUT2D eigenvalue weighted by Crippen LogP contribution is -2.10. The Hall–Kier alpha value is -1.95. The predicted molar refractivity (Wildman–Crippen MR) is 78.2 cm³/mol. The fourth-order valence-electron chi connectivity index (χ4n) is 2.33. The molecule has 1 aliphatic rings. The summed E-state index contributed by atoms with van der Waals surface area (Å²) < 4.78 is 26.1. The van der Waals surface area contributed by atoms with E-state index in [1.807, 2.05) is 0 Å². The van der Waals surface area contributed by atoms with Gasteiger partial charge in [0.1, 0.15) is 11.6 Å². The second kappa shape index (κ2) is 6.44. The van der Waals surface area contributed by atoms with Crippen molar-refractivity contribution in [2.75, 3.05) is 0 Å². The van der Waals surface area contributed by atoms with Crippen molar-refractivity contribution in [2.24, 2.45) is 10.2 Å². The number of azo groups is 1. The Labute approximate surface area is 131 Å². The van der Waals surface area contributed by atoms with Gasteiger partial charge in [-0.3, -0.25) is 0 Å². The van der Waals surface area contributed by atoms with Gasteiger partial charge in [-0.05, 0) is 48.1 Å². The van der Waals surface area contributed by atoms with E-state index < -0.39 is 11.6 Å². The molecule has 1 aromatic heterocycles. The summed E-state index contributed by atoms with van der Waals surface area (Å²) in [5, 5.41) is 16.0. The third kappa shape index (κ3) is 3.44. The van der Waals surface area contributed by atoms with Crippen molar-refractivity contribution >= 4 is 17.4 Å². The number of hydrogen-bond acceptors (Lipinski definition) is 4. The molecule has 0 saturated heterocycles. The Balaban J connectivity index is 1.72. The Bertz CT molecular complexity index is 696. The molecule has 0 unspecified atom stereocenters. The van der Waals surface area contributed by atoms with Crippen molar-refractivity contribution in [2.45, 2.75) is 31.7 Å². The third-order valence-corrected chi connectivity index (χ3v) is 3.95. The number of benzene rings is 1. The van der Waals surface area contributed by atoms with Gasteiger partial charge in [0.25, 0.3) is 0 Å². The van der Waals surface area contributed by atoms with Gasteiger partial charge in [-0.1, -0.05) is 18.0 Å². The van der Waals surface area contributed by atoms with Gasteiger partial charge in [-0.25, -0.2) is 8.78 Å². The topological polar surface area (TPSA) is 50.5 Å². The predicted octanol–water partition coefficient (Wildman–Crippen LogP) is 4.96. The molecule has 4 nitrogen and oxygen atoms in total. The molecule has 0 N–H and O–H groups in total. The summed E-state index contributed by atoms with van der Waals surface area (Å²) in [6.07, 6.45) is 3.36. The van der Waals surface area contributed by atoms with Gasteiger partial charge in [-0.15, -0.1) is 15.3 Å². The molecule has 22 heavy (non-hydrogen) atoms. The van der Waals surface area contributed by atoms with Crippen LogP contribution in [0.4, 0.5) is 14.6 Å². The molecule has 1 fully saturated rings. The fraction of sp³-hybridized carbons (Fsp3) is 0.333. The maximum absolute atomic E-state index is 13.1. The van der Waals surface area contributed by atoms with Crippen molar-refractivity contribution in [3.63, 3.8) is 0 Å². The number of hydrogen-bond donors (Lipinski definition) is 0. The van der Waals surface area contributed by atoms with E-state index in [0.29, 0.717) is 22.5 Å². The highest BCUT2D eigenvalue weighted by molar-refractivity contribution is 6.30. The Morgan fingerprint density at radius 2 is 1.82 bits per heavy atom. The van der Waals surface area contributed by atoms with Crippen molar-refractivity contribution in [1.82, 2.24) is 10.2 Å². The van der Waals surface area contributed by atoms with Gasteiger partial charge in [0.2, 0.25) is 0 Å². The third-order valence-electron chi connectivity index (χ3n) is 3.66. The molecule has 0 spiro atoms. The summed E-state index contributed by atoms with van der Waals surface area (Å²) in [5.41, 5.74) is 1.34. The normalized spacial score (nSPS) is 15.2. The van der Waals surface area contributed by atoms with E-state index in [9.17, 15) is 8.78 Å². The molecule has 0 atom stereocenters. The molecule has 3 rings (SSSR count). The molecule has 0 bridgehead atoms. The van der Waals surface area contributed by atoms with Crippen molar-refractivity contribution in [1.29, 1.82) is 0 Å². The summed E-state index contributed by atoms with van der Waals surface area (Å²) >= 11 is 6.04. The van der Waals surface area contributed by atoms with Gasteiger partial charge in [0.15, 0.2) is 11.0 Å². The molecule has 114 valence electrons. The first kappa shape index (κ1) is 15.0. The van der Waals surface area contributed by atoms with Crippen LogP contribution in [0.15, 0.2) is 34.5 Å². The molecule has 1 heterocycles. The molecule has 1 aliphatic carbocycles. The maximum Gasteiger partial charge on any atom is 0.196 e. The highest BCUT2D eigenvalue weighted by atomic mass is 35.5.